The minimum Gasteiger partial charge on any atom is -0.497 e. The molecule has 1 heterocycles. The summed E-state index contributed by atoms with van der Waals surface area (Å²) < 4.78 is 15.6. The zero-order valence-electron chi connectivity index (χ0n) is 13.5. The quantitative estimate of drug-likeness (QED) is 0.336. The number of hydrogen-bond donors (Lipinski definition) is 1. The van der Waals surface area contributed by atoms with Crippen molar-refractivity contribution in [2.24, 2.45) is 0 Å². The van der Waals surface area contributed by atoms with Gasteiger partial charge in [-0.25, -0.2) is 14.8 Å². The van der Waals surface area contributed by atoms with Crippen LogP contribution in [0.4, 0.5) is 5.82 Å². The van der Waals surface area contributed by atoms with E-state index in [1.807, 2.05) is 24.3 Å². The zero-order chi connectivity index (χ0) is 17.4. The summed E-state index contributed by atoms with van der Waals surface area (Å²) in [5, 5.41) is 0.485. The van der Waals surface area contributed by atoms with E-state index in [2.05, 4.69) is 9.97 Å². The lowest BCUT2D eigenvalue weighted by atomic mass is 10.3. The Bertz CT molecular complexity index is 680. The average Bonchev–Trinajstić information content (AvgIpc) is 2.59. The van der Waals surface area contributed by atoms with Gasteiger partial charge in [-0.2, -0.15) is 0 Å². The molecule has 7 nitrogen and oxygen atoms in total. The van der Waals surface area contributed by atoms with Crippen LogP contribution in [0.5, 0.6) is 11.5 Å². The lowest BCUT2D eigenvalue weighted by Gasteiger charge is -2.07. The molecule has 2 N–H and O–H groups in total. The Hall–Kier alpha value is -2.48. The van der Waals surface area contributed by atoms with Gasteiger partial charge in [0.05, 0.1) is 20.3 Å². The van der Waals surface area contributed by atoms with Crippen molar-refractivity contribution >= 4 is 23.5 Å². The summed E-state index contributed by atoms with van der Waals surface area (Å²) in [5.74, 6) is 1.78. The van der Waals surface area contributed by atoms with Gasteiger partial charge in [-0.3, -0.25) is 0 Å². The fraction of sp³-hybridized carbons (Fsp3) is 0.312. The van der Waals surface area contributed by atoms with E-state index >= 15 is 0 Å². The van der Waals surface area contributed by atoms with E-state index in [-0.39, 0.29) is 18.0 Å². The molecule has 24 heavy (non-hydrogen) atoms. The highest BCUT2D eigenvalue weighted by molar-refractivity contribution is 7.99. The lowest BCUT2D eigenvalue weighted by molar-refractivity contribution is 0.0526. The number of benzene rings is 1. The number of esters is 1. The van der Waals surface area contributed by atoms with Crippen LogP contribution in [0.25, 0.3) is 0 Å². The van der Waals surface area contributed by atoms with Crippen LogP contribution in [0.15, 0.2) is 35.6 Å². The minimum atomic E-state index is -0.519. The normalized spacial score (nSPS) is 10.2. The first-order chi connectivity index (χ1) is 11.6. The zero-order valence-corrected chi connectivity index (χ0v) is 14.3. The molecule has 0 saturated heterocycles. The van der Waals surface area contributed by atoms with Gasteiger partial charge in [0.25, 0.3) is 0 Å². The third kappa shape index (κ3) is 5.02. The predicted octanol–water partition coefficient (Wildman–Crippen LogP) is 2.42. The minimum absolute atomic E-state index is 0.113. The van der Waals surface area contributed by atoms with Crippen LogP contribution in [-0.4, -0.2) is 42.0 Å². The molecule has 0 atom stereocenters. The van der Waals surface area contributed by atoms with E-state index in [4.69, 9.17) is 19.9 Å². The molecule has 0 unspecified atom stereocenters. The fourth-order valence-corrected chi connectivity index (χ4v) is 2.42. The van der Waals surface area contributed by atoms with Gasteiger partial charge >= 0.3 is 5.97 Å². The molecule has 128 valence electrons. The maximum absolute atomic E-state index is 11.6. The molecule has 8 heteroatoms. The van der Waals surface area contributed by atoms with E-state index < -0.39 is 5.97 Å². The monoisotopic (exact) mass is 349 g/mol. The second-order valence-corrected chi connectivity index (χ2v) is 5.61. The number of carbonyl (C=O) groups is 1. The molecule has 0 fully saturated rings. The number of methoxy groups -OCH3 is 1. The van der Waals surface area contributed by atoms with Crippen molar-refractivity contribution in [2.75, 3.05) is 31.8 Å². The van der Waals surface area contributed by atoms with Crippen molar-refractivity contribution in [3.8, 4) is 11.5 Å². The van der Waals surface area contributed by atoms with Crippen LogP contribution in [0, 0.1) is 0 Å². The summed E-state index contributed by atoms with van der Waals surface area (Å²) in [4.78, 5) is 19.8. The van der Waals surface area contributed by atoms with E-state index in [0.29, 0.717) is 17.5 Å². The Morgan fingerprint density at radius 1 is 1.25 bits per heavy atom. The van der Waals surface area contributed by atoms with Crippen molar-refractivity contribution in [2.45, 2.75) is 12.1 Å². The van der Waals surface area contributed by atoms with Gasteiger partial charge in [0, 0.05) is 11.9 Å². The van der Waals surface area contributed by atoms with Gasteiger partial charge < -0.3 is 19.9 Å². The first-order valence-corrected chi connectivity index (χ1v) is 8.32. The molecule has 0 aliphatic carbocycles. The summed E-state index contributed by atoms with van der Waals surface area (Å²) >= 11 is 1.39. The molecular weight excluding hydrogens is 330 g/mol. The van der Waals surface area contributed by atoms with Crippen molar-refractivity contribution in [3.05, 3.63) is 36.0 Å². The second kappa shape index (κ2) is 8.97. The molecule has 1 aromatic heterocycles. The number of rotatable bonds is 8. The molecule has 0 saturated carbocycles. The predicted molar refractivity (Wildman–Crippen MR) is 91.6 cm³/mol. The molecule has 2 aromatic rings. The molecule has 1 aromatic carbocycles. The maximum atomic E-state index is 11.6. The van der Waals surface area contributed by atoms with Crippen LogP contribution < -0.4 is 15.2 Å². The summed E-state index contributed by atoms with van der Waals surface area (Å²) in [7, 11) is 1.62. The standard InChI is InChI=1S/C16H19N3O4S/c1-3-22-15(20)13-10-18-16(19-14(13)17)24-9-8-23-12-6-4-11(21-2)5-7-12/h4-7,10H,3,8-9H2,1-2H3,(H2,17,18,19). The number of nitrogen functional groups attached to an aromatic ring is 1. The largest absolute Gasteiger partial charge is 0.497 e. The highest BCUT2D eigenvalue weighted by Gasteiger charge is 2.13. The molecule has 2 rings (SSSR count). The molecule has 0 amide bonds. The van der Waals surface area contributed by atoms with Crippen molar-refractivity contribution in [1.29, 1.82) is 0 Å². The highest BCUT2D eigenvalue weighted by atomic mass is 32.2. The van der Waals surface area contributed by atoms with Gasteiger partial charge in [0.1, 0.15) is 22.9 Å². The Kier molecular flexibility index (Phi) is 6.68. The summed E-state index contributed by atoms with van der Waals surface area (Å²) in [6.45, 7) is 2.49. The van der Waals surface area contributed by atoms with Gasteiger partial charge in [0.2, 0.25) is 0 Å². The number of anilines is 1. The van der Waals surface area contributed by atoms with Crippen LogP contribution >= 0.6 is 11.8 Å². The Labute approximate surface area is 144 Å². The van der Waals surface area contributed by atoms with Gasteiger partial charge in [0.15, 0.2) is 5.16 Å². The maximum Gasteiger partial charge on any atom is 0.343 e. The van der Waals surface area contributed by atoms with E-state index in [1.54, 1.807) is 14.0 Å². The molecular formula is C16H19N3O4S. The number of nitrogens with two attached hydrogens (primary N) is 1. The number of hydrogen-bond acceptors (Lipinski definition) is 8. The third-order valence-electron chi connectivity index (χ3n) is 2.93. The molecule has 0 aliphatic rings. The Morgan fingerprint density at radius 2 is 1.96 bits per heavy atom. The summed E-state index contributed by atoms with van der Waals surface area (Å²) in [6, 6.07) is 7.35. The van der Waals surface area contributed by atoms with E-state index in [0.717, 1.165) is 11.5 Å². The third-order valence-corrected chi connectivity index (χ3v) is 3.76. The van der Waals surface area contributed by atoms with E-state index in [9.17, 15) is 4.79 Å². The number of thioether (sulfide) groups is 1. The number of carbonyl (C=O) groups excluding carboxylic acids is 1. The van der Waals surface area contributed by atoms with Crippen molar-refractivity contribution < 1.29 is 19.0 Å². The van der Waals surface area contributed by atoms with Gasteiger partial charge in [-0.05, 0) is 31.2 Å². The van der Waals surface area contributed by atoms with Crippen LogP contribution in [0.2, 0.25) is 0 Å². The smallest absolute Gasteiger partial charge is 0.343 e. The molecule has 0 bridgehead atoms. The summed E-state index contributed by atoms with van der Waals surface area (Å²) in [6.07, 6.45) is 1.38. The average molecular weight is 349 g/mol. The molecule has 0 aliphatic heterocycles. The van der Waals surface area contributed by atoms with Crippen LogP contribution in [0.1, 0.15) is 17.3 Å². The Morgan fingerprint density at radius 3 is 2.58 bits per heavy atom. The van der Waals surface area contributed by atoms with Crippen LogP contribution in [0.3, 0.4) is 0 Å². The first kappa shape index (κ1) is 17.9. The van der Waals surface area contributed by atoms with Gasteiger partial charge in [-0.15, -0.1) is 0 Å². The molecule has 0 radical (unpaired) electrons. The number of ether oxygens (including phenoxy) is 3. The van der Waals surface area contributed by atoms with Gasteiger partial charge in [-0.1, -0.05) is 11.8 Å². The lowest BCUT2D eigenvalue weighted by Crippen LogP contribution is -2.11. The first-order valence-electron chi connectivity index (χ1n) is 7.33. The number of nitrogens with zero attached hydrogens (tertiary/aromatic N) is 2. The fourth-order valence-electron chi connectivity index (χ4n) is 1.78. The SMILES string of the molecule is CCOC(=O)c1cnc(SCCOc2ccc(OC)cc2)nc1N. The number of aromatic nitrogens is 2. The van der Waals surface area contributed by atoms with E-state index in [1.165, 1.54) is 18.0 Å². The molecule has 0 spiro atoms. The van der Waals surface area contributed by atoms with Crippen LogP contribution in [-0.2, 0) is 4.74 Å². The second-order valence-electron chi connectivity index (χ2n) is 4.54. The van der Waals surface area contributed by atoms with Crippen molar-refractivity contribution in [1.82, 2.24) is 9.97 Å². The van der Waals surface area contributed by atoms with Crippen molar-refractivity contribution in [3.63, 3.8) is 0 Å². The topological polar surface area (TPSA) is 96.6 Å². The summed E-state index contributed by atoms with van der Waals surface area (Å²) in [5.41, 5.74) is 5.94. The highest BCUT2D eigenvalue weighted by Crippen LogP contribution is 2.19. The Balaban J connectivity index is 1.81.